The van der Waals surface area contributed by atoms with E-state index in [0.717, 1.165) is 27.6 Å². The lowest BCUT2D eigenvalue weighted by Crippen LogP contribution is -2.34. The largest absolute Gasteiger partial charge is 0.468 e. The zero-order valence-corrected chi connectivity index (χ0v) is 27.8. The van der Waals surface area contributed by atoms with E-state index in [4.69, 9.17) is 10.5 Å². The van der Waals surface area contributed by atoms with Gasteiger partial charge in [0.05, 0.1) is 14.2 Å². The molecule has 5 rings (SSSR count). The van der Waals surface area contributed by atoms with E-state index in [9.17, 15) is 9.59 Å². The van der Waals surface area contributed by atoms with Crippen LogP contribution < -0.4 is 5.73 Å². The molecule has 6 nitrogen and oxygen atoms in total. The van der Waals surface area contributed by atoms with Crippen molar-refractivity contribution in [1.29, 1.82) is 0 Å². The van der Waals surface area contributed by atoms with Crippen LogP contribution >= 0.6 is 15.9 Å². The molecule has 0 aliphatic carbocycles. The molecule has 0 spiro atoms. The van der Waals surface area contributed by atoms with Crippen LogP contribution in [-0.2, 0) is 37.5 Å². The van der Waals surface area contributed by atoms with E-state index in [1.807, 2.05) is 103 Å². The predicted molar refractivity (Wildman–Crippen MR) is 188 cm³/mol. The smallest absolute Gasteiger partial charge is 0.327 e. The van der Waals surface area contributed by atoms with Gasteiger partial charge >= 0.3 is 11.9 Å². The number of halogens is 1. The summed E-state index contributed by atoms with van der Waals surface area (Å²) in [5, 5.41) is 0.952. The van der Waals surface area contributed by atoms with Gasteiger partial charge in [-0.2, -0.15) is 0 Å². The lowest BCUT2D eigenvalue weighted by molar-refractivity contribution is -0.148. The highest BCUT2D eigenvalue weighted by molar-refractivity contribution is 9.08. The molecule has 2 N–H and O–H groups in total. The molecule has 2 unspecified atom stereocenters. The maximum Gasteiger partial charge on any atom is 0.327 e. The summed E-state index contributed by atoms with van der Waals surface area (Å²) in [6.07, 6.45) is 0. The molecule has 0 heterocycles. The van der Waals surface area contributed by atoms with E-state index in [0.29, 0.717) is 13.1 Å². The molecule has 0 saturated carbocycles. The number of hydrogen-bond donors (Lipinski definition) is 1. The Morgan fingerprint density at radius 2 is 0.913 bits per heavy atom. The number of rotatable bonds is 10. The van der Waals surface area contributed by atoms with Crippen LogP contribution in [0, 0.1) is 0 Å². The Hall–Kier alpha value is -4.56. The molecule has 0 amide bonds. The summed E-state index contributed by atoms with van der Waals surface area (Å²) in [5.74, 6) is -0.663. The molecule has 5 aromatic carbocycles. The SMILES string of the molecule is BrCc1ccccc1.COC(=O)C(N)c1ccccc1.COC(=O)C(c1ccccc1)N(Cc1ccccc1)Cc1ccccc1. The molecule has 0 aliphatic heterocycles. The van der Waals surface area contributed by atoms with Gasteiger partial charge in [-0.1, -0.05) is 168 Å². The van der Waals surface area contributed by atoms with Crippen molar-refractivity contribution >= 4 is 27.9 Å². The van der Waals surface area contributed by atoms with Crippen molar-refractivity contribution in [1.82, 2.24) is 4.90 Å². The maximum absolute atomic E-state index is 12.7. The number of carbonyl (C=O) groups excluding carboxylic acids is 2. The first-order chi connectivity index (χ1) is 22.5. The van der Waals surface area contributed by atoms with Crippen molar-refractivity contribution in [3.8, 4) is 0 Å². The number of nitrogens with two attached hydrogens (primary N) is 1. The van der Waals surface area contributed by atoms with Crippen LogP contribution in [0.15, 0.2) is 152 Å². The summed E-state index contributed by atoms with van der Waals surface area (Å²) >= 11 is 3.36. The zero-order valence-electron chi connectivity index (χ0n) is 26.2. The Morgan fingerprint density at radius 1 is 0.565 bits per heavy atom. The molecular formula is C39H41BrN2O4. The van der Waals surface area contributed by atoms with Gasteiger partial charge in [0.25, 0.3) is 0 Å². The number of hydrogen-bond acceptors (Lipinski definition) is 6. The van der Waals surface area contributed by atoms with Crippen molar-refractivity contribution in [2.45, 2.75) is 30.5 Å². The van der Waals surface area contributed by atoms with Crippen LogP contribution in [0.4, 0.5) is 0 Å². The number of nitrogens with zero attached hydrogens (tertiary/aromatic N) is 1. The summed E-state index contributed by atoms with van der Waals surface area (Å²) in [7, 11) is 2.77. The predicted octanol–water partition coefficient (Wildman–Crippen LogP) is 8.04. The minimum atomic E-state index is -0.670. The second-order valence-corrected chi connectivity index (χ2v) is 10.8. The standard InChI is InChI=1S/C23H23NO2.C9H11NO2.C7H7Br/c1-26-23(25)22(21-15-9-4-10-16-21)24(17-19-11-5-2-6-12-19)18-20-13-7-3-8-14-20;1-12-9(11)8(10)7-5-3-2-4-6-7;8-6-7-4-2-1-3-5-7/h2-16,22H,17-18H2,1H3;2-6,8H,10H2,1H3;1-5H,6H2. The number of alkyl halides is 1. The van der Waals surface area contributed by atoms with Crippen LogP contribution in [-0.4, -0.2) is 31.1 Å². The second kappa shape index (κ2) is 20.5. The van der Waals surface area contributed by atoms with Crippen molar-refractivity contribution in [3.05, 3.63) is 179 Å². The molecule has 0 saturated heterocycles. The quantitative estimate of drug-likeness (QED) is 0.119. The first-order valence-corrected chi connectivity index (χ1v) is 16.0. The van der Waals surface area contributed by atoms with Gasteiger partial charge in [-0.25, -0.2) is 4.79 Å². The van der Waals surface area contributed by atoms with Gasteiger partial charge in [-0.05, 0) is 27.8 Å². The summed E-state index contributed by atoms with van der Waals surface area (Å²) in [5.41, 5.74) is 10.9. The first kappa shape index (κ1) is 35.9. The fraction of sp³-hybridized carbons (Fsp3) is 0.179. The maximum atomic E-state index is 12.7. The highest BCUT2D eigenvalue weighted by atomic mass is 79.9. The summed E-state index contributed by atoms with van der Waals surface area (Å²) in [6.45, 7) is 1.31. The Labute approximate surface area is 280 Å². The third kappa shape index (κ3) is 12.1. The van der Waals surface area contributed by atoms with Crippen LogP contribution in [0.5, 0.6) is 0 Å². The average Bonchev–Trinajstić information content (AvgIpc) is 3.13. The van der Waals surface area contributed by atoms with E-state index in [1.54, 1.807) is 12.1 Å². The molecule has 2 atom stereocenters. The van der Waals surface area contributed by atoms with Crippen LogP contribution in [0.2, 0.25) is 0 Å². The van der Waals surface area contributed by atoms with Crippen molar-refractivity contribution < 1.29 is 19.1 Å². The number of carbonyl (C=O) groups is 2. The zero-order chi connectivity index (χ0) is 33.0. The molecular weight excluding hydrogens is 640 g/mol. The van der Waals surface area contributed by atoms with Crippen molar-refractivity contribution in [3.63, 3.8) is 0 Å². The molecule has 7 heteroatoms. The molecule has 0 aromatic heterocycles. The first-order valence-electron chi connectivity index (χ1n) is 14.9. The molecule has 0 radical (unpaired) electrons. The Bertz CT molecular complexity index is 1500. The monoisotopic (exact) mass is 680 g/mol. The van der Waals surface area contributed by atoms with Crippen molar-refractivity contribution in [2.24, 2.45) is 5.73 Å². The van der Waals surface area contributed by atoms with E-state index < -0.39 is 18.1 Å². The van der Waals surface area contributed by atoms with E-state index in [1.165, 1.54) is 19.8 Å². The van der Waals surface area contributed by atoms with Gasteiger partial charge in [-0.3, -0.25) is 9.69 Å². The Kier molecular flexibility index (Phi) is 16.0. The van der Waals surface area contributed by atoms with Gasteiger partial charge in [0, 0.05) is 18.4 Å². The van der Waals surface area contributed by atoms with Crippen LogP contribution in [0.3, 0.4) is 0 Å². The Balaban J connectivity index is 0.000000236. The minimum Gasteiger partial charge on any atom is -0.468 e. The number of benzene rings is 5. The summed E-state index contributed by atoms with van der Waals surface area (Å²) in [6, 6.07) is 48.5. The number of ether oxygens (including phenoxy) is 2. The normalized spacial score (nSPS) is 11.5. The van der Waals surface area contributed by atoms with Crippen molar-refractivity contribution in [2.75, 3.05) is 14.2 Å². The third-order valence-electron chi connectivity index (χ3n) is 6.97. The molecule has 5 aromatic rings. The van der Waals surface area contributed by atoms with E-state index in [2.05, 4.69) is 62.0 Å². The molecule has 46 heavy (non-hydrogen) atoms. The molecule has 238 valence electrons. The fourth-order valence-electron chi connectivity index (χ4n) is 4.61. The highest BCUT2D eigenvalue weighted by Gasteiger charge is 2.28. The fourth-order valence-corrected chi connectivity index (χ4v) is 4.98. The third-order valence-corrected chi connectivity index (χ3v) is 7.62. The molecule has 0 fully saturated rings. The number of esters is 2. The second-order valence-electron chi connectivity index (χ2n) is 10.2. The summed E-state index contributed by atoms with van der Waals surface area (Å²) in [4.78, 5) is 25.8. The van der Waals surface area contributed by atoms with Gasteiger partial charge in [0.2, 0.25) is 0 Å². The topological polar surface area (TPSA) is 81.9 Å². The molecule has 0 aliphatic rings. The highest BCUT2D eigenvalue weighted by Crippen LogP contribution is 2.26. The van der Waals surface area contributed by atoms with Crippen LogP contribution in [0.1, 0.15) is 39.9 Å². The minimum absolute atomic E-state index is 0.247. The molecule has 0 bridgehead atoms. The van der Waals surface area contributed by atoms with E-state index in [-0.39, 0.29) is 5.97 Å². The Morgan fingerprint density at radius 3 is 1.26 bits per heavy atom. The average molecular weight is 682 g/mol. The van der Waals surface area contributed by atoms with E-state index >= 15 is 0 Å². The van der Waals surface area contributed by atoms with Gasteiger partial charge in [0.1, 0.15) is 12.1 Å². The summed E-state index contributed by atoms with van der Waals surface area (Å²) < 4.78 is 9.65. The van der Waals surface area contributed by atoms with Gasteiger partial charge in [0.15, 0.2) is 0 Å². The lowest BCUT2D eigenvalue weighted by atomic mass is 10.0. The van der Waals surface area contributed by atoms with Gasteiger partial charge in [-0.15, -0.1) is 0 Å². The lowest BCUT2D eigenvalue weighted by Gasteiger charge is -2.30. The van der Waals surface area contributed by atoms with Gasteiger partial charge < -0.3 is 15.2 Å². The van der Waals surface area contributed by atoms with Crippen LogP contribution in [0.25, 0.3) is 0 Å². The number of methoxy groups -OCH3 is 2.